The van der Waals surface area contributed by atoms with Crippen LogP contribution >= 0.6 is 0 Å². The Bertz CT molecular complexity index is 1850. The number of carboxylic acid groups (broad SMARTS) is 2. The molecule has 266 valence electrons. The molecule has 50 heavy (non-hydrogen) atoms. The van der Waals surface area contributed by atoms with Gasteiger partial charge in [-0.3, -0.25) is 4.79 Å². The lowest BCUT2D eigenvalue weighted by Crippen LogP contribution is -2.72. The first-order chi connectivity index (χ1) is 22.8. The van der Waals surface area contributed by atoms with E-state index in [0.29, 0.717) is 13.0 Å². The van der Waals surface area contributed by atoms with Crippen LogP contribution < -0.4 is 27.3 Å². The molecular formula is C39H45F3N4O4. The monoisotopic (exact) mass is 690 g/mol. The number of alkyl halides is 3. The second-order valence-corrected chi connectivity index (χ2v) is 13.3. The number of anilines is 3. The summed E-state index contributed by atoms with van der Waals surface area (Å²) in [4.78, 5) is 22.7. The van der Waals surface area contributed by atoms with Crippen LogP contribution in [-0.4, -0.2) is 35.5 Å². The average Bonchev–Trinajstić information content (AvgIpc) is 3.01. The zero-order valence-electron chi connectivity index (χ0n) is 27.9. The van der Waals surface area contributed by atoms with Crippen molar-refractivity contribution in [2.24, 2.45) is 0 Å². The topological polar surface area (TPSA) is 169 Å². The summed E-state index contributed by atoms with van der Waals surface area (Å²) >= 11 is 0. The van der Waals surface area contributed by atoms with Crippen LogP contribution in [0.5, 0.6) is 0 Å². The zero-order chi connectivity index (χ0) is 36.3. The third-order valence-electron chi connectivity index (χ3n) is 8.91. The number of aliphatic carboxylic acids is 2. The Hall–Kier alpha value is -5.32. The number of carbonyl (C=O) groups excluding carboxylic acids is 1. The van der Waals surface area contributed by atoms with Crippen molar-refractivity contribution in [1.82, 2.24) is 0 Å². The lowest BCUT2D eigenvalue weighted by molar-refractivity contribution is -0.455. The molecule has 3 aliphatic rings. The number of carboxylic acids is 2. The molecule has 8 nitrogen and oxygen atoms in total. The molecule has 8 N–H and O–H groups in total. The van der Waals surface area contributed by atoms with E-state index in [-0.39, 0.29) is 24.7 Å². The highest BCUT2D eigenvalue weighted by atomic mass is 19.4. The number of benzene rings is 3. The molecule has 3 aromatic rings. The first-order valence-corrected chi connectivity index (χ1v) is 15.7. The van der Waals surface area contributed by atoms with E-state index in [1.807, 2.05) is 18.2 Å². The molecule has 0 saturated heterocycles. The summed E-state index contributed by atoms with van der Waals surface area (Å²) in [5, 5.41) is 17.5. The van der Waals surface area contributed by atoms with Crippen molar-refractivity contribution >= 4 is 40.8 Å². The minimum absolute atomic E-state index is 0. The standard InChI is InChI=1S/C20H22N2O2.C16H18N2.C2HF3O2.CH4/c1-20(2)17-11-15(21)7-5-13(17)10-14-6-8-16(12-18(14)20)22-9-3-4-19(23)24;1-16(2)14-8-12(17)5-3-10(14)7-11-4-6-13(18)9-15(11)16;3-2(4,5)1(6)7;/h5-8,10-12H,3-4,9,21H2,1-2H3,(H,23,24);3-6,8-9H,7,17-18H2,1-2H3;(H,6,7);1H4. The summed E-state index contributed by atoms with van der Waals surface area (Å²) in [6, 6.07) is 18.5. The van der Waals surface area contributed by atoms with E-state index in [2.05, 4.69) is 93.4 Å². The van der Waals surface area contributed by atoms with Crippen LogP contribution in [0.1, 0.15) is 81.3 Å². The zero-order valence-corrected chi connectivity index (χ0v) is 27.9. The number of hydrogen-bond donors (Lipinski definition) is 5. The minimum Gasteiger partial charge on any atom is -0.542 e. The van der Waals surface area contributed by atoms with Crippen molar-refractivity contribution in [2.75, 3.05) is 23.7 Å². The molecule has 0 atom stereocenters. The van der Waals surface area contributed by atoms with Crippen LogP contribution in [0.4, 0.5) is 30.2 Å². The Morgan fingerprint density at radius 2 is 1.32 bits per heavy atom. The van der Waals surface area contributed by atoms with Crippen molar-refractivity contribution in [2.45, 2.75) is 71.4 Å². The Morgan fingerprint density at radius 1 is 0.820 bits per heavy atom. The molecule has 11 heteroatoms. The van der Waals surface area contributed by atoms with Gasteiger partial charge in [-0.05, 0) is 99.5 Å². The first kappa shape index (κ1) is 39.1. The van der Waals surface area contributed by atoms with Crippen molar-refractivity contribution in [3.63, 3.8) is 0 Å². The highest BCUT2D eigenvalue weighted by molar-refractivity contribution is 6.04. The minimum atomic E-state index is -5.19. The number of fused-ring (bicyclic) bond motifs is 4. The maximum Gasteiger partial charge on any atom is 0.430 e. The van der Waals surface area contributed by atoms with Crippen molar-refractivity contribution in [3.05, 3.63) is 117 Å². The van der Waals surface area contributed by atoms with Gasteiger partial charge in [-0.2, -0.15) is 13.2 Å². The maximum absolute atomic E-state index is 10.6. The summed E-state index contributed by atoms with van der Waals surface area (Å²) in [5.74, 6) is -3.76. The Balaban J connectivity index is 0.000000229. The molecule has 3 aliphatic carbocycles. The fourth-order valence-electron chi connectivity index (χ4n) is 6.37. The van der Waals surface area contributed by atoms with Gasteiger partial charge in [-0.1, -0.05) is 53.3 Å². The van der Waals surface area contributed by atoms with E-state index in [1.165, 1.54) is 44.5 Å². The second kappa shape index (κ2) is 15.1. The van der Waals surface area contributed by atoms with Crippen LogP contribution in [0.3, 0.4) is 0 Å². The summed E-state index contributed by atoms with van der Waals surface area (Å²) in [6.07, 6.45) is 5.10. The molecular weight excluding hydrogens is 645 g/mol. The molecule has 0 spiro atoms. The van der Waals surface area contributed by atoms with Gasteiger partial charge in [0.2, 0.25) is 0 Å². The summed E-state index contributed by atoms with van der Waals surface area (Å²) in [7, 11) is 0. The molecule has 0 saturated carbocycles. The van der Waals surface area contributed by atoms with Gasteiger partial charge in [-0.25, -0.2) is 4.99 Å². The number of rotatable bonds is 4. The van der Waals surface area contributed by atoms with Crippen LogP contribution in [0.25, 0.3) is 6.08 Å². The van der Waals surface area contributed by atoms with Crippen molar-refractivity contribution in [3.8, 4) is 0 Å². The van der Waals surface area contributed by atoms with E-state index >= 15 is 0 Å². The predicted octanol–water partition coefficient (Wildman–Crippen LogP) is 4.84. The van der Waals surface area contributed by atoms with Gasteiger partial charge in [0.25, 0.3) is 0 Å². The van der Waals surface area contributed by atoms with Gasteiger partial charge < -0.3 is 32.2 Å². The lowest BCUT2D eigenvalue weighted by Gasteiger charge is -2.35. The number of nitrogens with two attached hydrogens (primary N) is 3. The predicted molar refractivity (Wildman–Crippen MR) is 191 cm³/mol. The molecule has 0 aromatic heterocycles. The molecule has 6 rings (SSSR count). The Kier molecular flexibility index (Phi) is 11.8. The highest BCUT2D eigenvalue weighted by Crippen LogP contribution is 2.45. The van der Waals surface area contributed by atoms with Crippen LogP contribution in [0, 0.1) is 0 Å². The Labute approximate surface area is 290 Å². The van der Waals surface area contributed by atoms with E-state index in [1.54, 1.807) is 0 Å². The summed E-state index contributed by atoms with van der Waals surface area (Å²) in [6.45, 7) is 9.56. The molecule has 3 aromatic carbocycles. The van der Waals surface area contributed by atoms with Gasteiger partial charge in [0.05, 0.1) is 6.42 Å². The molecule has 0 aliphatic heterocycles. The number of nitrogens with one attached hydrogen (secondary N) is 1. The summed E-state index contributed by atoms with van der Waals surface area (Å²) < 4.78 is 31.5. The number of halogens is 3. The highest BCUT2D eigenvalue weighted by Gasteiger charge is 2.35. The third kappa shape index (κ3) is 8.82. The largest absolute Gasteiger partial charge is 0.542 e. The molecule has 0 radical (unpaired) electrons. The molecule has 0 fully saturated rings. The van der Waals surface area contributed by atoms with E-state index in [0.717, 1.165) is 29.2 Å². The number of nitrogen functional groups attached to an aromatic ring is 3. The van der Waals surface area contributed by atoms with Crippen LogP contribution in [0.2, 0.25) is 0 Å². The van der Waals surface area contributed by atoms with Crippen molar-refractivity contribution in [1.29, 1.82) is 0 Å². The maximum atomic E-state index is 10.6. The average molecular weight is 691 g/mol. The van der Waals surface area contributed by atoms with Gasteiger partial charge in [0.1, 0.15) is 12.5 Å². The number of allylic oxidation sites excluding steroid dienone is 5. The number of carbonyl (C=O) groups is 2. The van der Waals surface area contributed by atoms with Crippen molar-refractivity contribution < 1.29 is 38.0 Å². The van der Waals surface area contributed by atoms with Crippen LogP contribution in [-0.2, 0) is 26.8 Å². The van der Waals surface area contributed by atoms with E-state index in [9.17, 15) is 18.0 Å². The Morgan fingerprint density at radius 3 is 1.82 bits per heavy atom. The lowest BCUT2D eigenvalue weighted by atomic mass is 9.67. The molecule has 0 amide bonds. The second-order valence-electron chi connectivity index (χ2n) is 13.3. The fourth-order valence-corrected chi connectivity index (χ4v) is 6.37. The van der Waals surface area contributed by atoms with E-state index < -0.39 is 18.1 Å². The summed E-state index contributed by atoms with van der Waals surface area (Å²) in [5.41, 5.74) is 31.4. The third-order valence-corrected chi connectivity index (χ3v) is 8.91. The molecule has 0 bridgehead atoms. The van der Waals surface area contributed by atoms with Gasteiger partial charge in [-0.15, -0.1) is 0 Å². The SMILES string of the molecule is C.CC1(C)C2=CC(=[NH+]CCCC(=O)O)C=CC2=Cc2ccc(N)cc21.CC1(C)c2cc(N)ccc2Cc2ccc(N)cc21.O=C([O-])C(F)(F)F. The molecule has 0 unspecified atom stereocenters. The quantitative estimate of drug-likeness (QED) is 0.193. The van der Waals surface area contributed by atoms with Gasteiger partial charge in [0, 0.05) is 46.5 Å². The van der Waals surface area contributed by atoms with E-state index in [4.69, 9.17) is 32.2 Å². The number of hydrogen-bond acceptors (Lipinski definition) is 6. The normalized spacial score (nSPS) is 16.6. The van der Waals surface area contributed by atoms with Crippen LogP contribution in [0.15, 0.2) is 84.0 Å². The van der Waals surface area contributed by atoms with Gasteiger partial charge in [0.15, 0.2) is 5.71 Å². The smallest absolute Gasteiger partial charge is 0.430 e. The molecule has 0 heterocycles. The van der Waals surface area contributed by atoms with Gasteiger partial charge >= 0.3 is 12.1 Å². The first-order valence-electron chi connectivity index (χ1n) is 15.7. The fraction of sp³-hybridized carbons (Fsp3) is 0.308.